The van der Waals surface area contributed by atoms with E-state index in [1.807, 2.05) is 35.0 Å². The van der Waals surface area contributed by atoms with Crippen LogP contribution in [0.5, 0.6) is 0 Å². The van der Waals surface area contributed by atoms with E-state index < -0.39 is 0 Å². The molecule has 0 unspecified atom stereocenters. The van der Waals surface area contributed by atoms with Crippen molar-refractivity contribution in [1.82, 2.24) is 9.47 Å². The van der Waals surface area contributed by atoms with E-state index in [0.717, 1.165) is 23.1 Å². The molecule has 4 nitrogen and oxygen atoms in total. The summed E-state index contributed by atoms with van der Waals surface area (Å²) >= 11 is 6.85. The Morgan fingerprint density at radius 3 is 2.61 bits per heavy atom. The lowest BCUT2D eigenvalue weighted by Gasteiger charge is -2.08. The van der Waals surface area contributed by atoms with Gasteiger partial charge in [0.1, 0.15) is 0 Å². The number of carbonyl (C=O) groups excluding carboxylic acids is 2. The Hall–Kier alpha value is -2.24. The number of imide groups is 1. The molecule has 1 fully saturated rings. The minimum atomic E-state index is -0.288. The largest absolute Gasteiger partial charge is 0.317 e. The van der Waals surface area contributed by atoms with E-state index in [9.17, 15) is 9.59 Å². The summed E-state index contributed by atoms with van der Waals surface area (Å²) in [5, 5.41) is 0.388. The van der Waals surface area contributed by atoms with Gasteiger partial charge in [-0.15, -0.1) is 6.58 Å². The van der Waals surface area contributed by atoms with Gasteiger partial charge in [0.15, 0.2) is 0 Å². The maximum absolute atomic E-state index is 12.3. The lowest BCUT2D eigenvalue weighted by atomic mass is 10.3. The third-order valence-electron chi connectivity index (χ3n) is 3.35. The van der Waals surface area contributed by atoms with Gasteiger partial charge in [0, 0.05) is 29.1 Å². The molecule has 3 rings (SSSR count). The van der Waals surface area contributed by atoms with Gasteiger partial charge < -0.3 is 4.57 Å². The number of hydrogen-bond acceptors (Lipinski definition) is 3. The number of amides is 2. The minimum Gasteiger partial charge on any atom is -0.317 e. The average molecular weight is 345 g/mol. The quantitative estimate of drug-likeness (QED) is 0.611. The van der Waals surface area contributed by atoms with Crippen LogP contribution in [0.1, 0.15) is 5.69 Å². The van der Waals surface area contributed by atoms with Crippen LogP contribution in [0, 0.1) is 0 Å². The molecule has 6 heteroatoms. The summed E-state index contributed by atoms with van der Waals surface area (Å²) in [6, 6.07) is 11.2. The van der Waals surface area contributed by atoms with Gasteiger partial charge in [0.05, 0.1) is 4.91 Å². The molecular formula is C17H13ClN2O2S. The number of nitrogens with zero attached hydrogens (tertiary/aromatic N) is 2. The Morgan fingerprint density at radius 1 is 1.17 bits per heavy atom. The summed E-state index contributed by atoms with van der Waals surface area (Å²) in [6.45, 7) is 3.79. The van der Waals surface area contributed by atoms with Gasteiger partial charge in [-0.2, -0.15) is 0 Å². The van der Waals surface area contributed by atoms with Crippen LogP contribution in [-0.2, 0) is 4.79 Å². The minimum absolute atomic E-state index is 0.222. The van der Waals surface area contributed by atoms with E-state index in [0.29, 0.717) is 9.93 Å². The maximum Gasteiger partial charge on any atom is 0.293 e. The first-order chi connectivity index (χ1) is 11.1. The highest BCUT2D eigenvalue weighted by molar-refractivity contribution is 8.18. The second-order valence-corrected chi connectivity index (χ2v) is 6.29. The molecule has 1 saturated heterocycles. The molecule has 2 amide bonds. The first kappa shape index (κ1) is 15.6. The molecule has 0 atom stereocenters. The molecule has 116 valence electrons. The number of rotatable bonds is 4. The van der Waals surface area contributed by atoms with Crippen molar-refractivity contribution in [2.45, 2.75) is 0 Å². The number of halogens is 1. The lowest BCUT2D eigenvalue weighted by molar-refractivity contribution is -0.122. The van der Waals surface area contributed by atoms with Crippen molar-refractivity contribution < 1.29 is 9.59 Å². The second kappa shape index (κ2) is 6.48. The summed E-state index contributed by atoms with van der Waals surface area (Å²) in [5.74, 6) is -0.288. The molecule has 0 spiro atoms. The zero-order chi connectivity index (χ0) is 16.4. The average Bonchev–Trinajstić information content (AvgIpc) is 3.09. The van der Waals surface area contributed by atoms with Crippen molar-refractivity contribution in [1.29, 1.82) is 0 Å². The van der Waals surface area contributed by atoms with Crippen LogP contribution in [-0.4, -0.2) is 27.2 Å². The van der Waals surface area contributed by atoms with E-state index >= 15 is 0 Å². The van der Waals surface area contributed by atoms with Gasteiger partial charge >= 0.3 is 0 Å². The first-order valence-electron chi connectivity index (χ1n) is 6.89. The summed E-state index contributed by atoms with van der Waals surface area (Å²) in [4.78, 5) is 25.7. The molecule has 1 aromatic carbocycles. The maximum atomic E-state index is 12.3. The molecule has 1 aromatic heterocycles. The van der Waals surface area contributed by atoms with Crippen molar-refractivity contribution in [3.05, 3.63) is 70.9 Å². The molecule has 23 heavy (non-hydrogen) atoms. The van der Waals surface area contributed by atoms with Gasteiger partial charge in [-0.25, -0.2) is 0 Å². The summed E-state index contributed by atoms with van der Waals surface area (Å²) in [7, 11) is 0. The zero-order valence-corrected chi connectivity index (χ0v) is 13.7. The van der Waals surface area contributed by atoms with Crippen LogP contribution < -0.4 is 0 Å². The number of thioether (sulfide) groups is 1. The number of benzene rings is 1. The Balaban J connectivity index is 1.94. The Morgan fingerprint density at radius 2 is 1.91 bits per heavy atom. The second-order valence-electron chi connectivity index (χ2n) is 4.86. The molecule has 0 saturated carbocycles. The molecule has 0 bridgehead atoms. The molecule has 1 aliphatic rings. The number of aromatic nitrogens is 1. The van der Waals surface area contributed by atoms with Crippen LogP contribution in [0.15, 0.2) is 60.2 Å². The number of hydrogen-bond donors (Lipinski definition) is 0. The highest BCUT2D eigenvalue weighted by Gasteiger charge is 2.34. The highest BCUT2D eigenvalue weighted by Crippen LogP contribution is 2.32. The van der Waals surface area contributed by atoms with Crippen molar-refractivity contribution >= 4 is 40.6 Å². The Labute approximate surface area is 143 Å². The van der Waals surface area contributed by atoms with E-state index in [4.69, 9.17) is 11.6 Å². The van der Waals surface area contributed by atoms with Crippen LogP contribution in [0.4, 0.5) is 4.79 Å². The predicted octanol–water partition coefficient (Wildman–Crippen LogP) is 4.35. The van der Waals surface area contributed by atoms with Crippen molar-refractivity contribution in [2.24, 2.45) is 0 Å². The fraction of sp³-hybridized carbons (Fsp3) is 0.0588. The van der Waals surface area contributed by atoms with Gasteiger partial charge in [0.25, 0.3) is 11.1 Å². The standard InChI is InChI=1S/C17H13ClN2O2S/c1-2-9-20-16(21)15(23-17(20)22)11-14-4-3-10-19(14)13-7-5-12(18)6-8-13/h2-8,10-11H,1,9H2. The summed E-state index contributed by atoms with van der Waals surface area (Å²) < 4.78 is 1.93. The number of carbonyl (C=O) groups is 2. The smallest absolute Gasteiger partial charge is 0.293 e. The van der Waals surface area contributed by atoms with E-state index in [1.54, 1.807) is 18.2 Å². The fourth-order valence-corrected chi connectivity index (χ4v) is 3.23. The van der Waals surface area contributed by atoms with Crippen LogP contribution in [0.25, 0.3) is 11.8 Å². The van der Waals surface area contributed by atoms with E-state index in [2.05, 4.69) is 6.58 Å². The van der Waals surface area contributed by atoms with Crippen LogP contribution >= 0.6 is 23.4 Å². The van der Waals surface area contributed by atoms with E-state index in [1.165, 1.54) is 11.0 Å². The van der Waals surface area contributed by atoms with Gasteiger partial charge in [-0.1, -0.05) is 17.7 Å². The van der Waals surface area contributed by atoms with Gasteiger partial charge in [-0.05, 0) is 54.2 Å². The fourth-order valence-electron chi connectivity index (χ4n) is 2.27. The first-order valence-corrected chi connectivity index (χ1v) is 8.09. The summed E-state index contributed by atoms with van der Waals surface area (Å²) in [5.41, 5.74) is 1.74. The van der Waals surface area contributed by atoms with Crippen LogP contribution in [0.3, 0.4) is 0 Å². The third kappa shape index (κ3) is 3.11. The molecular weight excluding hydrogens is 332 g/mol. The SMILES string of the molecule is C=CCN1C(=O)SC(=Cc2cccn2-c2ccc(Cl)cc2)C1=O. The molecule has 0 aliphatic carbocycles. The van der Waals surface area contributed by atoms with Gasteiger partial charge in [0.2, 0.25) is 0 Å². The molecule has 1 aliphatic heterocycles. The van der Waals surface area contributed by atoms with Crippen molar-refractivity contribution in [3.63, 3.8) is 0 Å². The Bertz CT molecular complexity index is 808. The highest BCUT2D eigenvalue weighted by atomic mass is 35.5. The van der Waals surface area contributed by atoms with Crippen molar-refractivity contribution in [2.75, 3.05) is 6.54 Å². The van der Waals surface area contributed by atoms with E-state index in [-0.39, 0.29) is 17.7 Å². The van der Waals surface area contributed by atoms with Crippen molar-refractivity contribution in [3.8, 4) is 5.69 Å². The normalized spacial score (nSPS) is 16.4. The molecule has 0 N–H and O–H groups in total. The lowest BCUT2D eigenvalue weighted by Crippen LogP contribution is -2.27. The van der Waals surface area contributed by atoms with Gasteiger partial charge in [-0.3, -0.25) is 14.5 Å². The zero-order valence-electron chi connectivity index (χ0n) is 12.1. The topological polar surface area (TPSA) is 42.3 Å². The monoisotopic (exact) mass is 344 g/mol. The molecule has 0 radical (unpaired) electrons. The third-order valence-corrected chi connectivity index (χ3v) is 4.51. The summed E-state index contributed by atoms with van der Waals surface area (Å²) in [6.07, 6.45) is 5.15. The van der Waals surface area contributed by atoms with Crippen LogP contribution in [0.2, 0.25) is 5.02 Å². The molecule has 2 aromatic rings. The Kier molecular flexibility index (Phi) is 4.41. The molecule has 2 heterocycles. The predicted molar refractivity (Wildman–Crippen MR) is 93.7 cm³/mol.